The molecule has 8 heteroatoms. The van der Waals surface area contributed by atoms with Crippen molar-refractivity contribution in [2.24, 2.45) is 0 Å². The Labute approximate surface area is 130 Å². The number of nitrogens with zero attached hydrogens (tertiary/aromatic N) is 2. The highest BCUT2D eigenvalue weighted by atomic mass is 32.2. The molecule has 1 aliphatic rings. The number of benzene rings is 1. The molecule has 0 aliphatic carbocycles. The maximum absolute atomic E-state index is 13.4. The Hall–Kier alpha value is -1.51. The van der Waals surface area contributed by atoms with Gasteiger partial charge < -0.3 is 5.32 Å². The van der Waals surface area contributed by atoms with Gasteiger partial charge in [0.25, 0.3) is 0 Å². The Kier molecular flexibility index (Phi) is 5.15. The highest BCUT2D eigenvalue weighted by Gasteiger charge is 2.24. The van der Waals surface area contributed by atoms with Crippen LogP contribution in [0.2, 0.25) is 0 Å². The number of rotatable bonds is 4. The van der Waals surface area contributed by atoms with Crippen LogP contribution in [0.5, 0.6) is 0 Å². The van der Waals surface area contributed by atoms with Crippen molar-refractivity contribution in [1.82, 2.24) is 9.21 Å². The minimum absolute atomic E-state index is 0.160. The van der Waals surface area contributed by atoms with E-state index in [-0.39, 0.29) is 18.3 Å². The molecular formula is C14H20FN3O3S. The molecule has 1 aliphatic heterocycles. The summed E-state index contributed by atoms with van der Waals surface area (Å²) in [6.45, 7) is 3.58. The fourth-order valence-electron chi connectivity index (χ4n) is 2.29. The molecule has 1 N–H and O–H groups in total. The van der Waals surface area contributed by atoms with E-state index in [2.05, 4.69) is 5.32 Å². The number of hydrogen-bond acceptors (Lipinski definition) is 4. The van der Waals surface area contributed by atoms with Gasteiger partial charge in [-0.1, -0.05) is 6.07 Å². The van der Waals surface area contributed by atoms with E-state index in [1.54, 1.807) is 19.1 Å². The summed E-state index contributed by atoms with van der Waals surface area (Å²) in [6, 6.07) is 4.54. The lowest BCUT2D eigenvalue weighted by molar-refractivity contribution is -0.117. The standard InChI is InChI=1S/C14H20FN3O3S/c1-11-3-4-12(9-13(11)15)16-14(19)10-17-5-7-18(8-6-17)22(2,20)21/h3-4,9H,5-8,10H2,1-2H3,(H,16,19). The highest BCUT2D eigenvalue weighted by molar-refractivity contribution is 7.88. The number of sulfonamides is 1. The molecule has 6 nitrogen and oxygen atoms in total. The molecule has 0 aromatic heterocycles. The molecule has 1 aromatic carbocycles. The third-order valence-corrected chi connectivity index (χ3v) is 4.93. The largest absolute Gasteiger partial charge is 0.325 e. The molecule has 1 amide bonds. The summed E-state index contributed by atoms with van der Waals surface area (Å²) in [7, 11) is -3.17. The zero-order valence-electron chi connectivity index (χ0n) is 12.7. The van der Waals surface area contributed by atoms with E-state index in [4.69, 9.17) is 0 Å². The maximum Gasteiger partial charge on any atom is 0.238 e. The van der Waals surface area contributed by atoms with Gasteiger partial charge in [-0.2, -0.15) is 4.31 Å². The number of carbonyl (C=O) groups is 1. The quantitative estimate of drug-likeness (QED) is 0.881. The smallest absolute Gasteiger partial charge is 0.238 e. The van der Waals surface area contributed by atoms with Crippen LogP contribution in [0.1, 0.15) is 5.56 Å². The minimum Gasteiger partial charge on any atom is -0.325 e. The molecule has 1 heterocycles. The molecule has 0 radical (unpaired) electrons. The second-order valence-corrected chi connectivity index (χ2v) is 7.43. The molecule has 0 spiro atoms. The van der Waals surface area contributed by atoms with E-state index in [0.717, 1.165) is 0 Å². The van der Waals surface area contributed by atoms with Gasteiger partial charge in [-0.15, -0.1) is 0 Å². The minimum atomic E-state index is -3.17. The molecule has 1 fully saturated rings. The van der Waals surface area contributed by atoms with Crippen LogP contribution in [0, 0.1) is 12.7 Å². The topological polar surface area (TPSA) is 69.7 Å². The van der Waals surface area contributed by atoms with E-state index >= 15 is 0 Å². The van der Waals surface area contributed by atoms with Crippen molar-refractivity contribution in [2.45, 2.75) is 6.92 Å². The number of aryl methyl sites for hydroxylation is 1. The number of anilines is 1. The molecule has 0 bridgehead atoms. The van der Waals surface area contributed by atoms with Crippen molar-refractivity contribution in [2.75, 3.05) is 44.3 Å². The first-order valence-electron chi connectivity index (χ1n) is 6.99. The Morgan fingerprint density at radius 1 is 1.27 bits per heavy atom. The molecular weight excluding hydrogens is 309 g/mol. The molecule has 1 saturated heterocycles. The van der Waals surface area contributed by atoms with Crippen LogP contribution < -0.4 is 5.32 Å². The highest BCUT2D eigenvalue weighted by Crippen LogP contribution is 2.13. The average molecular weight is 329 g/mol. The average Bonchev–Trinajstić information content (AvgIpc) is 2.42. The second kappa shape index (κ2) is 6.72. The monoisotopic (exact) mass is 329 g/mol. The molecule has 0 unspecified atom stereocenters. The first kappa shape index (κ1) is 16.9. The molecule has 0 saturated carbocycles. The number of amides is 1. The van der Waals surface area contributed by atoms with E-state index in [9.17, 15) is 17.6 Å². The lowest BCUT2D eigenvalue weighted by Gasteiger charge is -2.32. The Morgan fingerprint density at radius 3 is 2.45 bits per heavy atom. The lowest BCUT2D eigenvalue weighted by atomic mass is 10.2. The Bertz CT molecular complexity index is 655. The zero-order valence-corrected chi connectivity index (χ0v) is 13.5. The van der Waals surface area contributed by atoms with E-state index in [1.165, 1.54) is 16.6 Å². The van der Waals surface area contributed by atoms with Crippen molar-refractivity contribution in [3.63, 3.8) is 0 Å². The van der Waals surface area contributed by atoms with Gasteiger partial charge in [0.05, 0.1) is 12.8 Å². The summed E-state index contributed by atoms with van der Waals surface area (Å²) in [6.07, 6.45) is 1.18. The van der Waals surface area contributed by atoms with E-state index < -0.39 is 10.0 Å². The summed E-state index contributed by atoms with van der Waals surface area (Å²) < 4.78 is 37.6. The Morgan fingerprint density at radius 2 is 1.91 bits per heavy atom. The Balaban J connectivity index is 1.84. The van der Waals surface area contributed by atoms with Crippen LogP contribution in [-0.4, -0.2) is 62.5 Å². The molecule has 0 atom stereocenters. The van der Waals surface area contributed by atoms with Crippen LogP contribution in [0.3, 0.4) is 0 Å². The van der Waals surface area contributed by atoms with Crippen LogP contribution in [0.15, 0.2) is 18.2 Å². The van der Waals surface area contributed by atoms with Crippen molar-refractivity contribution < 1.29 is 17.6 Å². The maximum atomic E-state index is 13.4. The number of nitrogens with one attached hydrogen (secondary N) is 1. The first-order valence-corrected chi connectivity index (χ1v) is 8.84. The van der Waals surface area contributed by atoms with Gasteiger partial charge in [-0.3, -0.25) is 9.69 Å². The third-order valence-electron chi connectivity index (χ3n) is 3.62. The first-order chi connectivity index (χ1) is 10.3. The van der Waals surface area contributed by atoms with E-state index in [0.29, 0.717) is 37.4 Å². The SMILES string of the molecule is Cc1ccc(NC(=O)CN2CCN(S(C)(=O)=O)CC2)cc1F. The number of halogens is 1. The van der Waals surface area contributed by atoms with Crippen molar-refractivity contribution in [3.8, 4) is 0 Å². The summed E-state index contributed by atoms with van der Waals surface area (Å²) in [5.74, 6) is -0.601. The summed E-state index contributed by atoms with van der Waals surface area (Å²) >= 11 is 0. The number of hydrogen-bond donors (Lipinski definition) is 1. The van der Waals surface area contributed by atoms with Crippen LogP contribution in [0.25, 0.3) is 0 Å². The van der Waals surface area contributed by atoms with Gasteiger partial charge in [0.1, 0.15) is 5.82 Å². The van der Waals surface area contributed by atoms with Crippen molar-refractivity contribution in [1.29, 1.82) is 0 Å². The number of piperazine rings is 1. The fraction of sp³-hybridized carbons (Fsp3) is 0.500. The molecule has 22 heavy (non-hydrogen) atoms. The van der Waals surface area contributed by atoms with Crippen LogP contribution in [0.4, 0.5) is 10.1 Å². The summed E-state index contributed by atoms with van der Waals surface area (Å²) in [4.78, 5) is 13.8. The summed E-state index contributed by atoms with van der Waals surface area (Å²) in [5, 5.41) is 2.65. The van der Waals surface area contributed by atoms with Crippen molar-refractivity contribution >= 4 is 21.6 Å². The molecule has 1 aromatic rings. The van der Waals surface area contributed by atoms with E-state index in [1.807, 2.05) is 4.90 Å². The van der Waals surface area contributed by atoms with Gasteiger partial charge in [-0.25, -0.2) is 12.8 Å². The predicted octanol–water partition coefficient (Wildman–Crippen LogP) is 0.650. The second-order valence-electron chi connectivity index (χ2n) is 5.45. The summed E-state index contributed by atoms with van der Waals surface area (Å²) in [5.41, 5.74) is 0.942. The molecule has 2 rings (SSSR count). The normalized spacial score (nSPS) is 17.4. The predicted molar refractivity (Wildman–Crippen MR) is 82.6 cm³/mol. The van der Waals surface area contributed by atoms with Gasteiger partial charge in [0.2, 0.25) is 15.9 Å². The van der Waals surface area contributed by atoms with Crippen molar-refractivity contribution in [3.05, 3.63) is 29.6 Å². The van der Waals surface area contributed by atoms with Crippen LogP contribution >= 0.6 is 0 Å². The van der Waals surface area contributed by atoms with Gasteiger partial charge >= 0.3 is 0 Å². The van der Waals surface area contributed by atoms with Crippen LogP contribution in [-0.2, 0) is 14.8 Å². The fourth-order valence-corrected chi connectivity index (χ4v) is 3.12. The zero-order chi connectivity index (χ0) is 16.3. The lowest BCUT2D eigenvalue weighted by Crippen LogP contribution is -2.50. The third kappa shape index (κ3) is 4.49. The van der Waals surface area contributed by atoms with Gasteiger partial charge in [-0.05, 0) is 24.6 Å². The molecule has 122 valence electrons. The number of carbonyl (C=O) groups excluding carboxylic acids is 1. The van der Waals surface area contributed by atoms with Gasteiger partial charge in [0, 0.05) is 31.9 Å². The van der Waals surface area contributed by atoms with Gasteiger partial charge in [0.15, 0.2) is 0 Å².